The molecule has 0 bridgehead atoms. The Labute approximate surface area is 98.1 Å². The molecule has 0 unspecified atom stereocenters. The fourth-order valence-corrected chi connectivity index (χ4v) is 1.32. The van der Waals surface area contributed by atoms with E-state index in [-0.39, 0.29) is 5.82 Å². The largest absolute Gasteiger partial charge is 0.298 e. The van der Waals surface area contributed by atoms with Gasteiger partial charge in [0.15, 0.2) is 17.3 Å². The van der Waals surface area contributed by atoms with E-state index in [1.54, 1.807) is 6.07 Å². The monoisotopic (exact) mass is 251 g/mol. The van der Waals surface area contributed by atoms with Gasteiger partial charge < -0.3 is 0 Å². The third kappa shape index (κ3) is 1.75. The maximum absolute atomic E-state index is 13.6. The number of nitrogens with zero attached hydrogens (tertiary/aromatic N) is 5. The predicted octanol–water partition coefficient (Wildman–Crippen LogP) is 1.33. The predicted molar refractivity (Wildman–Crippen MR) is 52.6 cm³/mol. The van der Waals surface area contributed by atoms with E-state index in [1.807, 2.05) is 0 Å². The molecule has 0 atom stereocenters. The number of halogens is 2. The number of nitro benzene ring substituents is 1. The molecule has 0 saturated carbocycles. The van der Waals surface area contributed by atoms with Crippen LogP contribution in [-0.2, 0) is 0 Å². The Kier molecular flexibility index (Phi) is 2.69. The van der Waals surface area contributed by atoms with Crippen LogP contribution >= 0.6 is 0 Å². The van der Waals surface area contributed by atoms with Gasteiger partial charge in [0.05, 0.1) is 4.92 Å². The first-order valence-electron chi connectivity index (χ1n) is 4.49. The molecule has 0 aliphatic carbocycles. The van der Waals surface area contributed by atoms with Crippen LogP contribution in [0.5, 0.6) is 0 Å². The molecular weight excluding hydrogens is 248 g/mol. The molecule has 9 heteroatoms. The maximum Gasteiger partial charge on any atom is 0.298 e. The van der Waals surface area contributed by atoms with Crippen LogP contribution in [0.25, 0.3) is 5.69 Å². The van der Waals surface area contributed by atoms with Gasteiger partial charge in [-0.2, -0.15) is 5.26 Å². The minimum Gasteiger partial charge on any atom is -0.258 e. The lowest BCUT2D eigenvalue weighted by Gasteiger charge is -2.03. The highest BCUT2D eigenvalue weighted by Crippen LogP contribution is 2.26. The molecule has 0 aliphatic heterocycles. The van der Waals surface area contributed by atoms with Crippen molar-refractivity contribution in [3.05, 3.63) is 46.0 Å². The maximum atomic E-state index is 13.6. The van der Waals surface area contributed by atoms with E-state index in [2.05, 4.69) is 10.1 Å². The first kappa shape index (κ1) is 11.6. The number of nitriles is 1. The number of hydrogen-bond donors (Lipinski definition) is 0. The molecule has 2 rings (SSSR count). The molecule has 0 spiro atoms. The summed E-state index contributed by atoms with van der Waals surface area (Å²) in [6, 6.07) is 3.02. The molecule has 1 aromatic carbocycles. The van der Waals surface area contributed by atoms with E-state index in [1.165, 1.54) is 0 Å². The van der Waals surface area contributed by atoms with Crippen molar-refractivity contribution < 1.29 is 13.7 Å². The highest BCUT2D eigenvalue weighted by Gasteiger charge is 2.24. The summed E-state index contributed by atoms with van der Waals surface area (Å²) >= 11 is 0. The standard InChI is InChI=1S/C9H3F2N5O2/c10-5-1-2-6(16(17)18)9(8(5)11)15-4-13-7(3-12)14-15/h1-2,4H. The second kappa shape index (κ2) is 4.17. The van der Waals surface area contributed by atoms with Crippen LogP contribution in [0, 0.1) is 33.1 Å². The van der Waals surface area contributed by atoms with Crippen LogP contribution in [0.1, 0.15) is 5.82 Å². The summed E-state index contributed by atoms with van der Waals surface area (Å²) in [5.41, 5.74) is -1.38. The van der Waals surface area contributed by atoms with Crippen LogP contribution in [0.15, 0.2) is 18.5 Å². The lowest BCUT2D eigenvalue weighted by atomic mass is 10.2. The third-order valence-corrected chi connectivity index (χ3v) is 2.07. The Balaban J connectivity index is 2.72. The molecule has 90 valence electrons. The van der Waals surface area contributed by atoms with Gasteiger partial charge in [-0.25, -0.2) is 18.4 Å². The molecular formula is C9H3F2N5O2. The number of rotatable bonds is 2. The Hall–Kier alpha value is -2.89. The number of hydrogen-bond acceptors (Lipinski definition) is 5. The van der Waals surface area contributed by atoms with Gasteiger partial charge in [0.1, 0.15) is 12.4 Å². The average Bonchev–Trinajstić information content (AvgIpc) is 2.80. The van der Waals surface area contributed by atoms with Crippen molar-refractivity contribution in [2.45, 2.75) is 0 Å². The highest BCUT2D eigenvalue weighted by molar-refractivity contribution is 5.53. The normalized spacial score (nSPS) is 10.1. The van der Waals surface area contributed by atoms with Gasteiger partial charge in [-0.05, 0) is 6.07 Å². The van der Waals surface area contributed by atoms with Crippen molar-refractivity contribution in [3.8, 4) is 11.8 Å². The number of nitro groups is 1. The number of benzene rings is 1. The van der Waals surface area contributed by atoms with Gasteiger partial charge in [-0.15, -0.1) is 5.10 Å². The van der Waals surface area contributed by atoms with Crippen molar-refractivity contribution in [1.82, 2.24) is 14.8 Å². The van der Waals surface area contributed by atoms with E-state index >= 15 is 0 Å². The van der Waals surface area contributed by atoms with Crippen molar-refractivity contribution in [2.24, 2.45) is 0 Å². The van der Waals surface area contributed by atoms with E-state index in [0.29, 0.717) is 10.7 Å². The van der Waals surface area contributed by atoms with Gasteiger partial charge in [-0.1, -0.05) is 0 Å². The van der Waals surface area contributed by atoms with Crippen molar-refractivity contribution in [1.29, 1.82) is 5.26 Å². The average molecular weight is 251 g/mol. The Morgan fingerprint density at radius 3 is 2.72 bits per heavy atom. The zero-order valence-electron chi connectivity index (χ0n) is 8.54. The topological polar surface area (TPSA) is 97.6 Å². The zero-order chi connectivity index (χ0) is 13.3. The van der Waals surface area contributed by atoms with Crippen molar-refractivity contribution in [2.75, 3.05) is 0 Å². The first-order chi connectivity index (χ1) is 8.54. The van der Waals surface area contributed by atoms with E-state index in [0.717, 1.165) is 12.4 Å². The second-order valence-electron chi connectivity index (χ2n) is 3.11. The molecule has 0 fully saturated rings. The third-order valence-electron chi connectivity index (χ3n) is 2.07. The summed E-state index contributed by atoms with van der Waals surface area (Å²) in [7, 11) is 0. The van der Waals surface area contributed by atoms with Gasteiger partial charge in [0.2, 0.25) is 0 Å². The molecule has 0 aliphatic rings. The molecule has 1 aromatic heterocycles. The van der Waals surface area contributed by atoms with Crippen LogP contribution in [0.4, 0.5) is 14.5 Å². The first-order valence-corrected chi connectivity index (χ1v) is 4.49. The van der Waals surface area contributed by atoms with Crippen LogP contribution in [-0.4, -0.2) is 19.7 Å². The molecule has 2 aromatic rings. The molecule has 0 N–H and O–H groups in total. The highest BCUT2D eigenvalue weighted by atomic mass is 19.2. The quantitative estimate of drug-likeness (QED) is 0.592. The minimum atomic E-state index is -1.43. The van der Waals surface area contributed by atoms with Crippen LogP contribution in [0.2, 0.25) is 0 Å². The SMILES string of the molecule is N#Cc1ncn(-c2c([N+](=O)[O-])ccc(F)c2F)n1. The summed E-state index contributed by atoms with van der Waals surface area (Å²) in [6.45, 7) is 0. The summed E-state index contributed by atoms with van der Waals surface area (Å²) in [6.07, 6.45) is 0.892. The molecule has 0 amide bonds. The minimum absolute atomic E-state index is 0.312. The molecule has 1 heterocycles. The molecule has 18 heavy (non-hydrogen) atoms. The Morgan fingerprint density at radius 2 is 2.17 bits per heavy atom. The van der Waals surface area contributed by atoms with Crippen LogP contribution < -0.4 is 0 Å². The van der Waals surface area contributed by atoms with Crippen LogP contribution in [0.3, 0.4) is 0 Å². The molecule has 0 saturated heterocycles. The van der Waals surface area contributed by atoms with Crippen molar-refractivity contribution >= 4 is 5.69 Å². The van der Waals surface area contributed by atoms with E-state index in [9.17, 15) is 18.9 Å². The summed E-state index contributed by atoms with van der Waals surface area (Å²) in [5, 5.41) is 22.7. The van der Waals surface area contributed by atoms with Crippen molar-refractivity contribution in [3.63, 3.8) is 0 Å². The van der Waals surface area contributed by atoms with Gasteiger partial charge in [0.25, 0.3) is 11.5 Å². The lowest BCUT2D eigenvalue weighted by Crippen LogP contribution is -2.05. The Morgan fingerprint density at radius 1 is 1.44 bits per heavy atom. The van der Waals surface area contributed by atoms with Gasteiger partial charge in [0, 0.05) is 6.07 Å². The molecule has 0 radical (unpaired) electrons. The molecule has 7 nitrogen and oxygen atoms in total. The zero-order valence-corrected chi connectivity index (χ0v) is 8.54. The fourth-order valence-electron chi connectivity index (χ4n) is 1.32. The lowest BCUT2D eigenvalue weighted by molar-refractivity contribution is -0.384. The Bertz CT molecular complexity index is 676. The summed E-state index contributed by atoms with van der Waals surface area (Å²) in [5.74, 6) is -3.00. The smallest absolute Gasteiger partial charge is 0.258 e. The summed E-state index contributed by atoms with van der Waals surface area (Å²) in [4.78, 5) is 13.3. The van der Waals surface area contributed by atoms with Gasteiger partial charge in [-0.3, -0.25) is 10.1 Å². The van der Waals surface area contributed by atoms with E-state index in [4.69, 9.17) is 5.26 Å². The van der Waals surface area contributed by atoms with Gasteiger partial charge >= 0.3 is 0 Å². The number of aromatic nitrogens is 3. The second-order valence-corrected chi connectivity index (χ2v) is 3.11. The summed E-state index contributed by atoms with van der Waals surface area (Å²) < 4.78 is 27.3. The van der Waals surface area contributed by atoms with E-state index < -0.39 is 27.9 Å². The fraction of sp³-hybridized carbons (Fsp3) is 0.